The average molecular weight is 336 g/mol. The Morgan fingerprint density at radius 1 is 1.12 bits per heavy atom. The molecule has 0 aliphatic carbocycles. The molecule has 24 heavy (non-hydrogen) atoms. The number of nitrogens with zero attached hydrogens (tertiary/aromatic N) is 1. The van der Waals surface area contributed by atoms with Crippen molar-refractivity contribution in [3.63, 3.8) is 0 Å². The van der Waals surface area contributed by atoms with Gasteiger partial charge in [-0.1, -0.05) is 32.0 Å². The monoisotopic (exact) mass is 336 g/mol. The maximum Gasteiger partial charge on any atom is 0.387 e. The number of hydrogen-bond donors (Lipinski definition) is 2. The van der Waals surface area contributed by atoms with E-state index in [2.05, 4.69) is 28.9 Å². The van der Waals surface area contributed by atoms with Gasteiger partial charge in [-0.25, -0.2) is 0 Å². The molecule has 0 saturated carbocycles. The molecule has 130 valence electrons. The lowest BCUT2D eigenvalue weighted by Crippen LogP contribution is -2.30. The summed E-state index contributed by atoms with van der Waals surface area (Å²) in [5, 5.41) is 13.6. The van der Waals surface area contributed by atoms with Crippen molar-refractivity contribution in [3.8, 4) is 5.75 Å². The number of benzene rings is 1. The molecule has 0 spiro atoms. The molecule has 0 radical (unpaired) electrons. The van der Waals surface area contributed by atoms with Crippen LogP contribution in [0.3, 0.4) is 0 Å². The lowest BCUT2D eigenvalue weighted by Gasteiger charge is -2.24. The molecule has 2 N–H and O–H groups in total. The first-order chi connectivity index (χ1) is 11.5. The summed E-state index contributed by atoms with van der Waals surface area (Å²) < 4.78 is 28.6. The van der Waals surface area contributed by atoms with Crippen molar-refractivity contribution >= 4 is 0 Å². The first-order valence-corrected chi connectivity index (χ1v) is 7.83. The third-order valence-electron chi connectivity index (χ3n) is 3.73. The van der Waals surface area contributed by atoms with Gasteiger partial charge in [-0.3, -0.25) is 4.98 Å². The van der Waals surface area contributed by atoms with Crippen LogP contribution in [0.5, 0.6) is 5.75 Å². The molecule has 4 nitrogen and oxygen atoms in total. The van der Waals surface area contributed by atoms with Crippen LogP contribution in [0.4, 0.5) is 8.78 Å². The van der Waals surface area contributed by atoms with Crippen LogP contribution in [0.1, 0.15) is 37.1 Å². The van der Waals surface area contributed by atoms with Crippen LogP contribution in [0.25, 0.3) is 0 Å². The fraction of sp³-hybridized carbons (Fsp3) is 0.389. The molecule has 1 heterocycles. The number of aliphatic hydroxyl groups is 1. The van der Waals surface area contributed by atoms with Gasteiger partial charge in [0.15, 0.2) is 0 Å². The van der Waals surface area contributed by atoms with Crippen LogP contribution in [-0.4, -0.2) is 23.2 Å². The lowest BCUT2D eigenvalue weighted by molar-refractivity contribution is -0.0498. The Morgan fingerprint density at radius 3 is 2.38 bits per heavy atom. The van der Waals surface area contributed by atoms with E-state index >= 15 is 0 Å². The van der Waals surface area contributed by atoms with E-state index < -0.39 is 12.7 Å². The number of ether oxygens (including phenoxy) is 1. The smallest absolute Gasteiger partial charge is 0.387 e. The van der Waals surface area contributed by atoms with Crippen LogP contribution < -0.4 is 10.1 Å². The fourth-order valence-electron chi connectivity index (χ4n) is 2.53. The molecular weight excluding hydrogens is 314 g/mol. The number of hydrogen-bond acceptors (Lipinski definition) is 4. The minimum atomic E-state index is -2.85. The molecule has 2 atom stereocenters. The van der Waals surface area contributed by atoms with Gasteiger partial charge in [0, 0.05) is 25.0 Å². The average Bonchev–Trinajstić information content (AvgIpc) is 2.55. The van der Waals surface area contributed by atoms with Crippen LogP contribution in [0, 0.1) is 5.92 Å². The Labute approximate surface area is 140 Å². The number of alkyl halides is 2. The van der Waals surface area contributed by atoms with Crippen molar-refractivity contribution in [2.24, 2.45) is 5.92 Å². The Kier molecular flexibility index (Phi) is 6.63. The second kappa shape index (κ2) is 8.70. The maximum atomic E-state index is 12.1. The van der Waals surface area contributed by atoms with Crippen molar-refractivity contribution in [3.05, 3.63) is 59.9 Å². The third kappa shape index (κ3) is 5.25. The van der Waals surface area contributed by atoms with Gasteiger partial charge in [0.2, 0.25) is 0 Å². The highest BCUT2D eigenvalue weighted by atomic mass is 19.3. The summed E-state index contributed by atoms with van der Waals surface area (Å²) in [4.78, 5) is 4.13. The highest BCUT2D eigenvalue weighted by molar-refractivity contribution is 5.28. The van der Waals surface area contributed by atoms with E-state index in [0.717, 1.165) is 5.56 Å². The molecule has 6 heteroatoms. The third-order valence-corrected chi connectivity index (χ3v) is 3.73. The molecule has 2 aromatic rings. The van der Waals surface area contributed by atoms with E-state index in [1.807, 2.05) is 12.1 Å². The van der Waals surface area contributed by atoms with Gasteiger partial charge in [-0.15, -0.1) is 0 Å². The summed E-state index contributed by atoms with van der Waals surface area (Å²) in [5.74, 6) is 0.396. The molecule has 0 amide bonds. The van der Waals surface area contributed by atoms with E-state index in [1.54, 1.807) is 24.5 Å². The predicted molar refractivity (Wildman–Crippen MR) is 87.9 cm³/mol. The van der Waals surface area contributed by atoms with Crippen LogP contribution in [0.15, 0.2) is 48.8 Å². The van der Waals surface area contributed by atoms with Crippen LogP contribution in [-0.2, 0) is 0 Å². The standard InChI is InChI=1S/C18H22F2N2O2/c1-12(2)17(14-4-3-9-21-10-14)22-11-16(23)13-5-7-15(8-6-13)24-18(19)20/h3-10,12,16-18,22-23H,11H2,1-2H3. The second-order valence-electron chi connectivity index (χ2n) is 5.88. The molecule has 1 aromatic carbocycles. The Morgan fingerprint density at radius 2 is 1.83 bits per heavy atom. The van der Waals surface area contributed by atoms with Crippen molar-refractivity contribution in [1.29, 1.82) is 0 Å². The van der Waals surface area contributed by atoms with Crippen LogP contribution in [0.2, 0.25) is 0 Å². The molecule has 1 aromatic heterocycles. The molecular formula is C18H22F2N2O2. The van der Waals surface area contributed by atoms with Gasteiger partial charge in [-0.2, -0.15) is 8.78 Å². The number of pyridine rings is 1. The summed E-state index contributed by atoms with van der Waals surface area (Å²) >= 11 is 0. The van der Waals surface area contributed by atoms with E-state index in [1.165, 1.54) is 12.1 Å². The Bertz CT molecular complexity index is 606. The topological polar surface area (TPSA) is 54.4 Å². The minimum Gasteiger partial charge on any atom is -0.435 e. The minimum absolute atomic E-state index is 0.0646. The molecule has 0 aliphatic rings. The van der Waals surface area contributed by atoms with Gasteiger partial charge < -0.3 is 15.2 Å². The Hall–Kier alpha value is -2.05. The molecule has 2 rings (SSSR count). The zero-order valence-electron chi connectivity index (χ0n) is 13.7. The summed E-state index contributed by atoms with van der Waals surface area (Å²) in [6.07, 6.45) is 2.78. The molecule has 0 saturated heterocycles. The number of aromatic nitrogens is 1. The van der Waals surface area contributed by atoms with Gasteiger partial charge in [0.1, 0.15) is 5.75 Å². The van der Waals surface area contributed by atoms with Gasteiger partial charge >= 0.3 is 6.61 Å². The highest BCUT2D eigenvalue weighted by Crippen LogP contribution is 2.23. The van der Waals surface area contributed by atoms with Gasteiger partial charge in [0.25, 0.3) is 0 Å². The van der Waals surface area contributed by atoms with Crippen molar-refractivity contribution < 1.29 is 18.6 Å². The quantitative estimate of drug-likeness (QED) is 0.772. The zero-order chi connectivity index (χ0) is 17.5. The summed E-state index contributed by atoms with van der Waals surface area (Å²) in [6.45, 7) is 1.67. The van der Waals surface area contributed by atoms with Crippen molar-refractivity contribution in [2.45, 2.75) is 32.6 Å². The Balaban J connectivity index is 1.97. The first-order valence-electron chi connectivity index (χ1n) is 7.83. The molecule has 2 unspecified atom stereocenters. The van der Waals surface area contributed by atoms with E-state index in [4.69, 9.17) is 0 Å². The summed E-state index contributed by atoms with van der Waals surface area (Å²) in [5.41, 5.74) is 1.69. The molecule has 0 bridgehead atoms. The lowest BCUT2D eigenvalue weighted by atomic mass is 9.97. The SMILES string of the molecule is CC(C)C(NCC(O)c1ccc(OC(F)F)cc1)c1cccnc1. The van der Waals surface area contributed by atoms with Gasteiger partial charge in [-0.05, 0) is 35.2 Å². The predicted octanol–water partition coefficient (Wildman–Crippen LogP) is 3.70. The van der Waals surface area contributed by atoms with Crippen molar-refractivity contribution in [2.75, 3.05) is 6.54 Å². The number of rotatable bonds is 8. The van der Waals surface area contributed by atoms with E-state index in [0.29, 0.717) is 18.0 Å². The van der Waals surface area contributed by atoms with Crippen molar-refractivity contribution in [1.82, 2.24) is 10.3 Å². The first kappa shape index (κ1) is 18.3. The molecule has 0 fully saturated rings. The summed E-state index contributed by atoms with van der Waals surface area (Å²) in [7, 11) is 0. The highest BCUT2D eigenvalue weighted by Gasteiger charge is 2.17. The normalized spacial score (nSPS) is 14.0. The number of halogens is 2. The zero-order valence-corrected chi connectivity index (χ0v) is 13.7. The van der Waals surface area contributed by atoms with Gasteiger partial charge in [0.05, 0.1) is 6.10 Å². The largest absolute Gasteiger partial charge is 0.435 e. The summed E-state index contributed by atoms with van der Waals surface area (Å²) in [6, 6.07) is 9.95. The second-order valence-corrected chi connectivity index (χ2v) is 5.88. The number of aliphatic hydroxyl groups excluding tert-OH is 1. The van der Waals surface area contributed by atoms with E-state index in [-0.39, 0.29) is 11.8 Å². The number of nitrogens with one attached hydrogen (secondary N) is 1. The molecule has 0 aliphatic heterocycles. The van der Waals surface area contributed by atoms with Crippen LogP contribution >= 0.6 is 0 Å². The van der Waals surface area contributed by atoms with E-state index in [9.17, 15) is 13.9 Å². The maximum absolute atomic E-state index is 12.1. The fourth-order valence-corrected chi connectivity index (χ4v) is 2.53.